The van der Waals surface area contributed by atoms with Crippen LogP contribution in [0.5, 0.6) is 0 Å². The number of ether oxygens (including phenoxy) is 1. The third kappa shape index (κ3) is 3.02. The molecule has 0 aliphatic rings. The molecule has 2 N–H and O–H groups in total. The van der Waals surface area contributed by atoms with Crippen LogP contribution in [0.4, 0.5) is 13.2 Å². The third-order valence-corrected chi connectivity index (χ3v) is 2.92. The van der Waals surface area contributed by atoms with Gasteiger partial charge < -0.3 is 10.5 Å². The van der Waals surface area contributed by atoms with Crippen molar-refractivity contribution in [2.75, 3.05) is 6.61 Å². The highest BCUT2D eigenvalue weighted by molar-refractivity contribution is 9.10. The summed E-state index contributed by atoms with van der Waals surface area (Å²) in [6.45, 7) is 1.24. The molecule has 1 atom stereocenters. The zero-order chi connectivity index (χ0) is 13.9. The first kappa shape index (κ1) is 15.0. The smallest absolute Gasteiger partial charge is 0.379 e. The van der Waals surface area contributed by atoms with Crippen LogP contribution in [0, 0.1) is 5.82 Å². The Hall–Kier alpha value is -1.08. The van der Waals surface area contributed by atoms with E-state index in [9.17, 15) is 18.0 Å². The fourth-order valence-electron chi connectivity index (χ4n) is 1.30. The first-order valence-electron chi connectivity index (χ1n) is 5.06. The van der Waals surface area contributed by atoms with Crippen molar-refractivity contribution in [3.8, 4) is 0 Å². The highest BCUT2D eigenvalue weighted by Gasteiger charge is 2.48. The van der Waals surface area contributed by atoms with E-state index in [1.54, 1.807) is 0 Å². The van der Waals surface area contributed by atoms with Crippen LogP contribution in [0.25, 0.3) is 0 Å². The van der Waals surface area contributed by atoms with Gasteiger partial charge in [0.15, 0.2) is 0 Å². The molecule has 0 aromatic heterocycles. The lowest BCUT2D eigenvalue weighted by molar-refractivity contribution is -0.174. The van der Waals surface area contributed by atoms with Crippen molar-refractivity contribution >= 4 is 21.9 Å². The van der Waals surface area contributed by atoms with Crippen molar-refractivity contribution in [3.05, 3.63) is 34.1 Å². The van der Waals surface area contributed by atoms with Gasteiger partial charge in [0.25, 0.3) is 0 Å². The lowest BCUT2D eigenvalue weighted by Gasteiger charge is -2.22. The molecule has 0 spiro atoms. The second-order valence-electron chi connectivity index (χ2n) is 3.49. The predicted molar refractivity (Wildman–Crippen MR) is 62.6 cm³/mol. The minimum Gasteiger partial charge on any atom is -0.462 e. The molecule has 0 amide bonds. The van der Waals surface area contributed by atoms with Crippen LogP contribution in [0.3, 0.4) is 0 Å². The predicted octanol–water partition coefficient (Wildman–Crippen LogP) is 2.79. The van der Waals surface area contributed by atoms with Gasteiger partial charge in [-0.15, -0.1) is 0 Å². The minimum absolute atomic E-state index is 0.0685. The van der Waals surface area contributed by atoms with Crippen LogP contribution in [0.1, 0.15) is 18.5 Å². The van der Waals surface area contributed by atoms with Gasteiger partial charge in [0.2, 0.25) is 0 Å². The minimum atomic E-state index is -3.88. The Morgan fingerprint density at radius 1 is 1.56 bits per heavy atom. The quantitative estimate of drug-likeness (QED) is 0.866. The molecule has 0 aliphatic heterocycles. The van der Waals surface area contributed by atoms with E-state index in [0.717, 1.165) is 18.2 Å². The highest BCUT2D eigenvalue weighted by atomic mass is 79.9. The van der Waals surface area contributed by atoms with Crippen molar-refractivity contribution in [3.63, 3.8) is 0 Å². The van der Waals surface area contributed by atoms with E-state index in [1.807, 2.05) is 0 Å². The summed E-state index contributed by atoms with van der Waals surface area (Å²) < 4.78 is 44.5. The van der Waals surface area contributed by atoms with Crippen molar-refractivity contribution in [1.29, 1.82) is 0 Å². The van der Waals surface area contributed by atoms with Crippen molar-refractivity contribution in [2.45, 2.75) is 18.9 Å². The standard InChI is InChI=1S/C11H11BrF3NO2/c1-2-18-10(17)11(14,15)9(16)7-4-3-6(13)5-8(7)12/h3-5,9H,2,16H2,1H3/t9-/m0/s1. The average Bonchev–Trinajstić information content (AvgIpc) is 2.28. The number of carbonyl (C=O) groups excluding carboxylic acids is 1. The molecule has 0 heterocycles. The molecule has 3 nitrogen and oxygen atoms in total. The van der Waals surface area contributed by atoms with E-state index in [4.69, 9.17) is 5.73 Å². The first-order valence-corrected chi connectivity index (χ1v) is 5.85. The van der Waals surface area contributed by atoms with Gasteiger partial charge >= 0.3 is 11.9 Å². The van der Waals surface area contributed by atoms with Crippen LogP contribution >= 0.6 is 15.9 Å². The molecule has 0 aliphatic carbocycles. The fourth-order valence-corrected chi connectivity index (χ4v) is 1.90. The zero-order valence-corrected chi connectivity index (χ0v) is 11.0. The summed E-state index contributed by atoms with van der Waals surface area (Å²) >= 11 is 2.92. The van der Waals surface area contributed by atoms with E-state index in [0.29, 0.717) is 0 Å². The maximum Gasteiger partial charge on any atom is 0.379 e. The topological polar surface area (TPSA) is 52.3 Å². The summed E-state index contributed by atoms with van der Waals surface area (Å²) in [5.74, 6) is -6.18. The Balaban J connectivity index is 3.05. The number of hydrogen-bond acceptors (Lipinski definition) is 3. The monoisotopic (exact) mass is 325 g/mol. The van der Waals surface area contributed by atoms with Gasteiger partial charge in [-0.3, -0.25) is 0 Å². The van der Waals surface area contributed by atoms with Gasteiger partial charge in [0.05, 0.1) is 6.61 Å². The van der Waals surface area contributed by atoms with Crippen LogP contribution in [-0.4, -0.2) is 18.5 Å². The number of hydrogen-bond donors (Lipinski definition) is 1. The van der Waals surface area contributed by atoms with Crippen LogP contribution in [0.15, 0.2) is 22.7 Å². The first-order chi connectivity index (χ1) is 8.30. The Kier molecular flexibility index (Phi) is 4.75. The molecule has 0 saturated heterocycles. The summed E-state index contributed by atoms with van der Waals surface area (Å²) in [4.78, 5) is 11.1. The summed E-state index contributed by atoms with van der Waals surface area (Å²) in [7, 11) is 0. The summed E-state index contributed by atoms with van der Waals surface area (Å²) in [6.07, 6.45) is 0. The van der Waals surface area contributed by atoms with Crippen LogP contribution < -0.4 is 5.73 Å². The third-order valence-electron chi connectivity index (χ3n) is 2.24. The molecule has 0 fully saturated rings. The Morgan fingerprint density at radius 3 is 2.67 bits per heavy atom. The maximum absolute atomic E-state index is 13.6. The molecule has 0 unspecified atom stereocenters. The number of esters is 1. The molecular weight excluding hydrogens is 315 g/mol. The SMILES string of the molecule is CCOC(=O)C(F)(F)[C@@H](N)c1ccc(F)cc1Br. The summed E-state index contributed by atoms with van der Waals surface area (Å²) in [6, 6.07) is 1.17. The maximum atomic E-state index is 13.6. The van der Waals surface area contributed by atoms with E-state index in [1.165, 1.54) is 6.92 Å². The lowest BCUT2D eigenvalue weighted by Crippen LogP contribution is -2.41. The molecule has 0 radical (unpaired) electrons. The molecule has 0 bridgehead atoms. The molecule has 0 saturated carbocycles. The van der Waals surface area contributed by atoms with Crippen LogP contribution in [-0.2, 0) is 9.53 Å². The molecule has 100 valence electrons. The Morgan fingerprint density at radius 2 is 2.17 bits per heavy atom. The number of benzene rings is 1. The molecule has 18 heavy (non-hydrogen) atoms. The fraction of sp³-hybridized carbons (Fsp3) is 0.364. The zero-order valence-electron chi connectivity index (χ0n) is 9.42. The van der Waals surface area contributed by atoms with Crippen LogP contribution in [0.2, 0.25) is 0 Å². The molecular formula is C11H11BrF3NO2. The Bertz CT molecular complexity index is 454. The van der Waals surface area contributed by atoms with Gasteiger partial charge in [-0.2, -0.15) is 8.78 Å². The number of carbonyl (C=O) groups is 1. The molecule has 1 aromatic rings. The Labute approximate surface area is 110 Å². The second kappa shape index (κ2) is 5.71. The summed E-state index contributed by atoms with van der Waals surface area (Å²) in [5.41, 5.74) is 5.28. The van der Waals surface area contributed by atoms with Crippen molar-refractivity contribution in [2.24, 2.45) is 5.73 Å². The normalized spacial score (nSPS) is 13.2. The number of nitrogens with two attached hydrogens (primary N) is 1. The number of alkyl halides is 2. The van der Waals surface area contributed by atoms with E-state index < -0.39 is 23.8 Å². The van der Waals surface area contributed by atoms with E-state index >= 15 is 0 Å². The van der Waals surface area contributed by atoms with Gasteiger partial charge in [0, 0.05) is 4.47 Å². The molecule has 7 heteroatoms. The summed E-state index contributed by atoms with van der Waals surface area (Å²) in [5, 5.41) is 0. The van der Waals surface area contributed by atoms with Gasteiger partial charge in [-0.05, 0) is 24.6 Å². The van der Waals surface area contributed by atoms with Crippen molar-refractivity contribution in [1.82, 2.24) is 0 Å². The van der Waals surface area contributed by atoms with E-state index in [2.05, 4.69) is 20.7 Å². The largest absolute Gasteiger partial charge is 0.462 e. The van der Waals surface area contributed by atoms with Gasteiger partial charge in [0.1, 0.15) is 11.9 Å². The molecule has 1 aromatic carbocycles. The average molecular weight is 326 g/mol. The second-order valence-corrected chi connectivity index (χ2v) is 4.34. The molecule has 1 rings (SSSR count). The van der Waals surface area contributed by atoms with Gasteiger partial charge in [-0.1, -0.05) is 22.0 Å². The van der Waals surface area contributed by atoms with Crippen molar-refractivity contribution < 1.29 is 22.7 Å². The lowest BCUT2D eigenvalue weighted by atomic mass is 10.0. The van der Waals surface area contributed by atoms with Gasteiger partial charge in [-0.25, -0.2) is 9.18 Å². The number of rotatable bonds is 4. The van der Waals surface area contributed by atoms with E-state index in [-0.39, 0.29) is 16.6 Å². The number of halogens is 4. The highest BCUT2D eigenvalue weighted by Crippen LogP contribution is 2.34.